The Labute approximate surface area is 250 Å². The Bertz CT molecular complexity index is 1580. The molecule has 3 heterocycles. The second-order valence-corrected chi connectivity index (χ2v) is 13.8. The monoisotopic (exact) mass is 612 g/mol. The van der Waals surface area contributed by atoms with Gasteiger partial charge in [0, 0.05) is 55.9 Å². The number of nitrogens with one attached hydrogen (secondary N) is 1. The van der Waals surface area contributed by atoms with Gasteiger partial charge in [-0.25, -0.2) is 13.1 Å². The maximum absolute atomic E-state index is 13.5. The topological polar surface area (TPSA) is 82.6 Å². The number of rotatable bonds is 6. The van der Waals surface area contributed by atoms with Crippen LogP contribution in [-0.2, 0) is 28.4 Å². The van der Waals surface area contributed by atoms with E-state index in [1.807, 2.05) is 35.5 Å². The summed E-state index contributed by atoms with van der Waals surface area (Å²) < 4.78 is 68.9. The van der Waals surface area contributed by atoms with Crippen LogP contribution in [0.2, 0.25) is 0 Å². The predicted molar refractivity (Wildman–Crippen MR) is 158 cm³/mol. The van der Waals surface area contributed by atoms with Crippen LogP contribution >= 0.6 is 0 Å². The van der Waals surface area contributed by atoms with Gasteiger partial charge < -0.3 is 9.80 Å². The molecule has 6 rings (SSSR count). The first-order chi connectivity index (χ1) is 20.5. The number of amides is 1. The number of benzene rings is 2. The normalized spacial score (nSPS) is 20.3. The quantitative estimate of drug-likeness (QED) is 0.385. The Morgan fingerprint density at radius 1 is 0.953 bits per heavy atom. The third-order valence-corrected chi connectivity index (χ3v) is 10.8. The van der Waals surface area contributed by atoms with Crippen LogP contribution in [-0.4, -0.2) is 50.4 Å². The Kier molecular flexibility index (Phi) is 7.97. The number of alkyl halides is 3. The highest BCUT2D eigenvalue weighted by Crippen LogP contribution is 2.42. The summed E-state index contributed by atoms with van der Waals surface area (Å²) in [6, 6.07) is 13.6. The van der Waals surface area contributed by atoms with Gasteiger partial charge in [-0.15, -0.1) is 0 Å². The van der Waals surface area contributed by atoms with Crippen molar-refractivity contribution in [2.45, 2.75) is 56.5 Å². The van der Waals surface area contributed by atoms with Crippen LogP contribution in [0.25, 0.3) is 0 Å². The van der Waals surface area contributed by atoms with Crippen LogP contribution in [0.4, 0.5) is 18.9 Å². The van der Waals surface area contributed by atoms with E-state index in [-0.39, 0.29) is 16.9 Å². The first kappa shape index (κ1) is 29.6. The second kappa shape index (κ2) is 11.6. The SMILES string of the molecule is O=C(c1ccc2c(c1)C(NS(=O)(=O)Cc1ccccc1C(F)(F)F)CC2)N1CCC2(CC1)CCN(c1ccncc1)CC2. The van der Waals surface area contributed by atoms with Gasteiger partial charge in [-0.1, -0.05) is 24.3 Å². The van der Waals surface area contributed by atoms with Crippen molar-refractivity contribution in [1.82, 2.24) is 14.6 Å². The predicted octanol–water partition coefficient (Wildman–Crippen LogP) is 5.73. The zero-order chi connectivity index (χ0) is 30.2. The smallest absolute Gasteiger partial charge is 0.371 e. The highest BCUT2D eigenvalue weighted by molar-refractivity contribution is 7.88. The maximum Gasteiger partial charge on any atom is 0.416 e. The van der Waals surface area contributed by atoms with E-state index in [4.69, 9.17) is 0 Å². The van der Waals surface area contributed by atoms with Crippen molar-refractivity contribution in [2.75, 3.05) is 31.1 Å². The van der Waals surface area contributed by atoms with E-state index in [9.17, 15) is 26.4 Å². The third kappa shape index (κ3) is 6.43. The highest BCUT2D eigenvalue weighted by atomic mass is 32.2. The molecule has 1 amide bonds. The fourth-order valence-corrected chi connectivity index (χ4v) is 8.33. The van der Waals surface area contributed by atoms with Gasteiger partial charge in [0.25, 0.3) is 5.91 Å². The standard InChI is InChI=1S/C32H35F3N4O3S/c33-32(34,35)28-4-2-1-3-25(28)22-43(41,42)37-29-8-7-23-5-6-24(21-27(23)29)30(40)39-19-13-31(14-20-39)11-17-38(18-12-31)26-9-15-36-16-10-26/h1-6,9-10,15-16,21,29,37H,7-8,11-14,17-20,22H2. The van der Waals surface area contributed by atoms with Gasteiger partial charge in [-0.3, -0.25) is 9.78 Å². The molecule has 3 aliphatic rings. The van der Waals surface area contributed by atoms with Gasteiger partial charge in [-0.05, 0) is 91.0 Å². The molecule has 1 unspecified atom stereocenters. The van der Waals surface area contributed by atoms with E-state index in [2.05, 4.69) is 14.6 Å². The van der Waals surface area contributed by atoms with Crippen LogP contribution < -0.4 is 9.62 Å². The van der Waals surface area contributed by atoms with Crippen LogP contribution in [0.3, 0.4) is 0 Å². The minimum atomic E-state index is -4.65. The molecule has 3 aromatic rings. The van der Waals surface area contributed by atoms with Crippen molar-refractivity contribution in [1.29, 1.82) is 0 Å². The number of pyridine rings is 1. The Balaban J connectivity index is 1.09. The van der Waals surface area contributed by atoms with Gasteiger partial charge >= 0.3 is 6.18 Å². The lowest BCUT2D eigenvalue weighted by Crippen LogP contribution is -2.48. The number of halogens is 3. The number of hydrogen-bond donors (Lipinski definition) is 1. The average molecular weight is 613 g/mol. The molecular formula is C32H35F3N4O3S. The van der Waals surface area contributed by atoms with Gasteiger partial charge in [0.1, 0.15) is 0 Å². The first-order valence-electron chi connectivity index (χ1n) is 14.7. The summed E-state index contributed by atoms with van der Waals surface area (Å²) in [4.78, 5) is 21.9. The molecule has 1 aromatic heterocycles. The summed E-state index contributed by atoms with van der Waals surface area (Å²) in [7, 11) is -4.09. The molecule has 2 saturated heterocycles. The molecule has 1 aliphatic carbocycles. The van der Waals surface area contributed by atoms with Crippen molar-refractivity contribution < 1.29 is 26.4 Å². The maximum atomic E-state index is 13.5. The van der Waals surface area contributed by atoms with Crippen molar-refractivity contribution in [3.8, 4) is 0 Å². The molecule has 2 aliphatic heterocycles. The summed E-state index contributed by atoms with van der Waals surface area (Å²) in [6.07, 6.45) is 4.18. The van der Waals surface area contributed by atoms with E-state index in [0.29, 0.717) is 31.5 Å². The number of hydrogen-bond acceptors (Lipinski definition) is 5. The Morgan fingerprint density at radius 3 is 2.33 bits per heavy atom. The number of carbonyl (C=O) groups excluding carboxylic acids is 1. The fourth-order valence-electron chi connectivity index (χ4n) is 6.90. The molecule has 1 spiro atoms. The van der Waals surface area contributed by atoms with Gasteiger partial charge in [0.2, 0.25) is 10.0 Å². The summed E-state index contributed by atoms with van der Waals surface area (Å²) in [5, 5.41) is 0. The molecule has 11 heteroatoms. The number of anilines is 1. The molecule has 0 saturated carbocycles. The molecule has 2 fully saturated rings. The summed E-state index contributed by atoms with van der Waals surface area (Å²) >= 11 is 0. The average Bonchev–Trinajstić information content (AvgIpc) is 3.38. The number of piperidine rings is 2. The summed E-state index contributed by atoms with van der Waals surface area (Å²) in [5.41, 5.74) is 2.36. The van der Waals surface area contributed by atoms with Crippen molar-refractivity contribution in [2.24, 2.45) is 5.41 Å². The summed E-state index contributed by atoms with van der Waals surface area (Å²) in [6.45, 7) is 3.34. The minimum absolute atomic E-state index is 0.0699. The van der Waals surface area contributed by atoms with Crippen LogP contribution in [0, 0.1) is 5.41 Å². The van der Waals surface area contributed by atoms with E-state index >= 15 is 0 Å². The Morgan fingerprint density at radius 2 is 1.63 bits per heavy atom. The van der Waals surface area contributed by atoms with Gasteiger partial charge in [0.15, 0.2) is 0 Å². The van der Waals surface area contributed by atoms with Crippen molar-refractivity contribution >= 4 is 21.6 Å². The van der Waals surface area contributed by atoms with Crippen molar-refractivity contribution in [3.63, 3.8) is 0 Å². The molecule has 1 atom stereocenters. The van der Waals surface area contributed by atoms with Crippen LogP contribution in [0.5, 0.6) is 0 Å². The third-order valence-electron chi connectivity index (χ3n) is 9.42. The minimum Gasteiger partial charge on any atom is -0.371 e. The van der Waals surface area contributed by atoms with Crippen molar-refractivity contribution in [3.05, 3.63) is 94.8 Å². The van der Waals surface area contributed by atoms with Crippen LogP contribution in [0.15, 0.2) is 67.0 Å². The van der Waals surface area contributed by atoms with Crippen LogP contribution in [0.1, 0.15) is 70.8 Å². The molecule has 228 valence electrons. The van der Waals surface area contributed by atoms with Gasteiger partial charge in [0.05, 0.1) is 11.3 Å². The van der Waals surface area contributed by atoms with E-state index < -0.39 is 33.6 Å². The lowest BCUT2D eigenvalue weighted by molar-refractivity contribution is -0.138. The van der Waals surface area contributed by atoms with E-state index in [0.717, 1.165) is 56.0 Å². The Hall–Kier alpha value is -3.44. The zero-order valence-electron chi connectivity index (χ0n) is 23.8. The lowest BCUT2D eigenvalue weighted by atomic mass is 9.71. The molecular weight excluding hydrogens is 577 g/mol. The lowest BCUT2D eigenvalue weighted by Gasteiger charge is -2.47. The van der Waals surface area contributed by atoms with E-state index in [1.54, 1.807) is 12.1 Å². The first-order valence-corrected chi connectivity index (χ1v) is 16.4. The number of aromatic nitrogens is 1. The van der Waals surface area contributed by atoms with E-state index in [1.165, 1.54) is 23.9 Å². The number of aryl methyl sites for hydroxylation is 1. The number of nitrogens with zero attached hydrogens (tertiary/aromatic N) is 3. The molecule has 1 N–H and O–H groups in total. The number of likely N-dealkylation sites (tertiary alicyclic amines) is 1. The highest BCUT2D eigenvalue weighted by Gasteiger charge is 2.39. The fraction of sp³-hybridized carbons (Fsp3) is 0.438. The largest absolute Gasteiger partial charge is 0.416 e. The molecule has 0 bridgehead atoms. The molecule has 43 heavy (non-hydrogen) atoms. The molecule has 7 nitrogen and oxygen atoms in total. The molecule has 2 aromatic carbocycles. The number of carbonyl (C=O) groups is 1. The summed E-state index contributed by atoms with van der Waals surface area (Å²) in [5.74, 6) is -0.845. The number of sulfonamides is 1. The molecule has 0 radical (unpaired) electrons. The second-order valence-electron chi connectivity index (χ2n) is 12.0. The van der Waals surface area contributed by atoms with Gasteiger partial charge in [-0.2, -0.15) is 13.2 Å². The number of fused-ring (bicyclic) bond motifs is 1. The zero-order valence-corrected chi connectivity index (χ0v) is 24.6.